The molecule has 3 rings (SSSR count). The lowest BCUT2D eigenvalue weighted by molar-refractivity contribution is 0.123. The highest BCUT2D eigenvalue weighted by Crippen LogP contribution is 2.17. The first kappa shape index (κ1) is 14.1. The summed E-state index contributed by atoms with van der Waals surface area (Å²) in [7, 11) is 2.09. The maximum Gasteiger partial charge on any atom is 0.320 e. The first-order chi connectivity index (χ1) is 10.2. The van der Waals surface area contributed by atoms with Gasteiger partial charge < -0.3 is 19.4 Å². The summed E-state index contributed by atoms with van der Waals surface area (Å²) in [6.07, 6.45) is 4.00. The fourth-order valence-electron chi connectivity index (χ4n) is 2.71. The first-order valence-corrected chi connectivity index (χ1v) is 7.37. The van der Waals surface area contributed by atoms with Crippen LogP contribution in [0.4, 0.5) is 4.79 Å². The number of hydrogen-bond acceptors (Lipinski definition) is 5. The van der Waals surface area contributed by atoms with Crippen LogP contribution in [-0.4, -0.2) is 83.1 Å². The second-order valence-electron chi connectivity index (χ2n) is 5.60. The minimum absolute atomic E-state index is 0.0244. The van der Waals surface area contributed by atoms with Gasteiger partial charge in [-0.25, -0.2) is 14.8 Å². The molecule has 114 valence electrons. The summed E-state index contributed by atoms with van der Waals surface area (Å²) >= 11 is 0. The normalized spacial score (nSPS) is 23.4. The number of aromatic nitrogens is 2. The van der Waals surface area contributed by atoms with Crippen LogP contribution in [0.2, 0.25) is 0 Å². The number of carbonyl (C=O) groups is 1. The topological polar surface area (TPSA) is 61.8 Å². The van der Waals surface area contributed by atoms with Crippen molar-refractivity contribution in [2.45, 2.75) is 12.5 Å². The highest BCUT2D eigenvalue weighted by atomic mass is 16.5. The minimum Gasteiger partial charge on any atom is -0.472 e. The predicted molar refractivity (Wildman–Crippen MR) is 77.1 cm³/mol. The summed E-state index contributed by atoms with van der Waals surface area (Å²) in [4.78, 5) is 26.4. The smallest absolute Gasteiger partial charge is 0.320 e. The van der Waals surface area contributed by atoms with E-state index in [2.05, 4.69) is 21.9 Å². The van der Waals surface area contributed by atoms with Crippen molar-refractivity contribution in [2.24, 2.45) is 0 Å². The third kappa shape index (κ3) is 3.41. The quantitative estimate of drug-likeness (QED) is 0.784. The van der Waals surface area contributed by atoms with E-state index in [0.717, 1.165) is 39.1 Å². The van der Waals surface area contributed by atoms with Crippen molar-refractivity contribution in [3.63, 3.8) is 0 Å². The molecule has 0 bridgehead atoms. The highest BCUT2D eigenvalue weighted by molar-refractivity contribution is 5.75. The molecule has 2 aliphatic heterocycles. The summed E-state index contributed by atoms with van der Waals surface area (Å²) in [5, 5.41) is 0. The molecule has 7 heteroatoms. The van der Waals surface area contributed by atoms with Crippen molar-refractivity contribution >= 4 is 6.03 Å². The van der Waals surface area contributed by atoms with Crippen LogP contribution in [0.1, 0.15) is 6.42 Å². The fourth-order valence-corrected chi connectivity index (χ4v) is 2.71. The molecule has 0 N–H and O–H groups in total. The molecule has 3 heterocycles. The Hall–Kier alpha value is -1.89. The molecule has 1 atom stereocenters. The number of likely N-dealkylation sites (tertiary alicyclic amines) is 1. The molecular formula is C14H21N5O2. The van der Waals surface area contributed by atoms with Gasteiger partial charge in [-0.3, -0.25) is 0 Å². The van der Waals surface area contributed by atoms with Crippen LogP contribution in [0.3, 0.4) is 0 Å². The number of amides is 2. The molecule has 0 spiro atoms. The average molecular weight is 291 g/mol. The third-order valence-corrected chi connectivity index (χ3v) is 4.03. The van der Waals surface area contributed by atoms with E-state index < -0.39 is 0 Å². The maximum atomic E-state index is 12.5. The van der Waals surface area contributed by atoms with Crippen molar-refractivity contribution in [1.82, 2.24) is 24.7 Å². The number of carbonyl (C=O) groups excluding carboxylic acids is 1. The SMILES string of the molecule is CN1CCN(C(=O)N2CC[C@@H](Oc3ccncn3)C2)CC1. The van der Waals surface area contributed by atoms with Crippen LogP contribution in [0.5, 0.6) is 5.88 Å². The Kier molecular flexibility index (Phi) is 4.19. The summed E-state index contributed by atoms with van der Waals surface area (Å²) < 4.78 is 5.79. The maximum absolute atomic E-state index is 12.5. The van der Waals surface area contributed by atoms with Gasteiger partial charge in [-0.05, 0) is 7.05 Å². The van der Waals surface area contributed by atoms with Crippen LogP contribution >= 0.6 is 0 Å². The molecule has 0 aromatic carbocycles. The Morgan fingerprint density at radius 1 is 1.24 bits per heavy atom. The highest BCUT2D eigenvalue weighted by Gasteiger charge is 2.31. The zero-order valence-electron chi connectivity index (χ0n) is 12.3. The predicted octanol–water partition coefficient (Wildman–Crippen LogP) is 0.297. The second-order valence-corrected chi connectivity index (χ2v) is 5.60. The van der Waals surface area contributed by atoms with E-state index in [1.54, 1.807) is 12.3 Å². The Morgan fingerprint density at radius 3 is 2.76 bits per heavy atom. The number of nitrogens with zero attached hydrogens (tertiary/aromatic N) is 5. The Labute approximate surface area is 124 Å². The number of piperazine rings is 1. The molecule has 1 aromatic heterocycles. The molecular weight excluding hydrogens is 270 g/mol. The van der Waals surface area contributed by atoms with Gasteiger partial charge in [0.05, 0.1) is 6.54 Å². The number of urea groups is 1. The van der Waals surface area contributed by atoms with Gasteiger partial charge in [-0.2, -0.15) is 0 Å². The van der Waals surface area contributed by atoms with E-state index in [-0.39, 0.29) is 12.1 Å². The van der Waals surface area contributed by atoms with E-state index >= 15 is 0 Å². The lowest BCUT2D eigenvalue weighted by Crippen LogP contribution is -2.51. The van der Waals surface area contributed by atoms with Crippen LogP contribution in [0, 0.1) is 0 Å². The molecule has 0 saturated carbocycles. The van der Waals surface area contributed by atoms with Crippen molar-refractivity contribution in [1.29, 1.82) is 0 Å². The van der Waals surface area contributed by atoms with Gasteiger partial charge in [-0.1, -0.05) is 0 Å². The van der Waals surface area contributed by atoms with E-state index in [9.17, 15) is 4.79 Å². The Balaban J connectivity index is 1.51. The lowest BCUT2D eigenvalue weighted by atomic mass is 10.3. The van der Waals surface area contributed by atoms with Gasteiger partial charge in [0.15, 0.2) is 0 Å². The molecule has 2 fully saturated rings. The second kappa shape index (κ2) is 6.26. The summed E-state index contributed by atoms with van der Waals surface area (Å²) in [5.74, 6) is 0.573. The molecule has 7 nitrogen and oxygen atoms in total. The average Bonchev–Trinajstić information content (AvgIpc) is 2.97. The van der Waals surface area contributed by atoms with Crippen LogP contribution < -0.4 is 4.74 Å². The standard InChI is InChI=1S/C14H21N5O2/c1-17-6-8-18(9-7-17)14(20)19-5-3-12(10-19)21-13-2-4-15-11-16-13/h2,4,11-12H,3,5-10H2,1H3/t12-/m1/s1. The van der Waals surface area contributed by atoms with Gasteiger partial charge in [0.1, 0.15) is 12.4 Å². The molecule has 2 amide bonds. The summed E-state index contributed by atoms with van der Waals surface area (Å²) in [6.45, 7) is 4.89. The first-order valence-electron chi connectivity index (χ1n) is 7.37. The largest absolute Gasteiger partial charge is 0.472 e. The molecule has 0 aliphatic carbocycles. The molecule has 1 aromatic rings. The molecule has 2 aliphatic rings. The van der Waals surface area contributed by atoms with Crippen molar-refractivity contribution < 1.29 is 9.53 Å². The summed E-state index contributed by atoms with van der Waals surface area (Å²) in [5.41, 5.74) is 0. The van der Waals surface area contributed by atoms with E-state index in [0.29, 0.717) is 12.4 Å². The number of rotatable bonds is 2. The Bertz CT molecular complexity index is 476. The Morgan fingerprint density at radius 2 is 2.05 bits per heavy atom. The molecule has 0 unspecified atom stereocenters. The number of ether oxygens (including phenoxy) is 1. The van der Waals surface area contributed by atoms with Gasteiger partial charge in [0.25, 0.3) is 0 Å². The van der Waals surface area contributed by atoms with Crippen molar-refractivity contribution in [2.75, 3.05) is 46.3 Å². The van der Waals surface area contributed by atoms with Crippen LogP contribution in [0.25, 0.3) is 0 Å². The van der Waals surface area contributed by atoms with E-state index in [1.807, 2.05) is 9.80 Å². The zero-order valence-corrected chi connectivity index (χ0v) is 12.3. The lowest BCUT2D eigenvalue weighted by Gasteiger charge is -2.34. The van der Waals surface area contributed by atoms with E-state index in [1.165, 1.54) is 6.33 Å². The number of hydrogen-bond donors (Lipinski definition) is 0. The molecule has 2 saturated heterocycles. The summed E-state index contributed by atoms with van der Waals surface area (Å²) in [6, 6.07) is 1.88. The van der Waals surface area contributed by atoms with E-state index in [4.69, 9.17) is 4.74 Å². The molecule has 0 radical (unpaired) electrons. The van der Waals surface area contributed by atoms with Crippen LogP contribution in [-0.2, 0) is 0 Å². The third-order valence-electron chi connectivity index (χ3n) is 4.03. The van der Waals surface area contributed by atoms with Crippen molar-refractivity contribution in [3.8, 4) is 5.88 Å². The minimum atomic E-state index is 0.0244. The fraction of sp³-hybridized carbons (Fsp3) is 0.643. The van der Waals surface area contributed by atoms with Gasteiger partial charge >= 0.3 is 6.03 Å². The zero-order chi connectivity index (χ0) is 14.7. The van der Waals surface area contributed by atoms with Crippen molar-refractivity contribution in [3.05, 3.63) is 18.6 Å². The van der Waals surface area contributed by atoms with Crippen LogP contribution in [0.15, 0.2) is 18.6 Å². The monoisotopic (exact) mass is 291 g/mol. The molecule has 21 heavy (non-hydrogen) atoms. The number of likely N-dealkylation sites (N-methyl/N-ethyl adjacent to an activating group) is 1. The van der Waals surface area contributed by atoms with Gasteiger partial charge in [0.2, 0.25) is 5.88 Å². The van der Waals surface area contributed by atoms with Gasteiger partial charge in [-0.15, -0.1) is 0 Å². The van der Waals surface area contributed by atoms with Gasteiger partial charge in [0, 0.05) is 51.4 Å².